The molecule has 32 heavy (non-hydrogen) atoms. The van der Waals surface area contributed by atoms with Crippen LogP contribution in [0.3, 0.4) is 0 Å². The summed E-state index contributed by atoms with van der Waals surface area (Å²) in [4.78, 5) is 0. The van der Waals surface area contributed by atoms with E-state index in [1.165, 1.54) is 44.3 Å². The standard InChI is InChI=1S/C31H28O/c1-3-4-20-26-27(23-14-8-5-9-15-23)21-28(24-16-10-6-11-17-24)30-29(22(2)32-31(26)30)25-18-12-7-13-19-25/h5-19,21H,3-4,20H2,1-2H3. The maximum Gasteiger partial charge on any atom is 0.139 e. The van der Waals surface area contributed by atoms with Crippen molar-refractivity contribution in [2.24, 2.45) is 0 Å². The first-order chi connectivity index (χ1) is 15.8. The average Bonchev–Trinajstić information content (AvgIpc) is 3.20. The van der Waals surface area contributed by atoms with Crippen LogP contribution in [0.15, 0.2) is 101 Å². The van der Waals surface area contributed by atoms with Gasteiger partial charge in [-0.1, -0.05) is 104 Å². The van der Waals surface area contributed by atoms with Crippen molar-refractivity contribution >= 4 is 11.0 Å². The second kappa shape index (κ2) is 8.88. The van der Waals surface area contributed by atoms with E-state index in [0.29, 0.717) is 0 Å². The molecular weight excluding hydrogens is 388 g/mol. The Kier molecular flexibility index (Phi) is 5.64. The third kappa shape index (κ3) is 3.65. The topological polar surface area (TPSA) is 13.1 Å². The second-order valence-corrected chi connectivity index (χ2v) is 8.39. The molecule has 4 aromatic carbocycles. The van der Waals surface area contributed by atoms with Crippen molar-refractivity contribution in [1.29, 1.82) is 0 Å². The molecule has 0 N–H and O–H groups in total. The zero-order valence-electron chi connectivity index (χ0n) is 18.8. The van der Waals surface area contributed by atoms with Crippen molar-refractivity contribution in [3.63, 3.8) is 0 Å². The first-order valence-electron chi connectivity index (χ1n) is 11.5. The van der Waals surface area contributed by atoms with Gasteiger partial charge < -0.3 is 4.42 Å². The predicted molar refractivity (Wildman–Crippen MR) is 136 cm³/mol. The first kappa shape index (κ1) is 20.3. The highest BCUT2D eigenvalue weighted by Gasteiger charge is 2.23. The molecule has 0 bridgehead atoms. The van der Waals surface area contributed by atoms with Crippen molar-refractivity contribution < 1.29 is 4.42 Å². The van der Waals surface area contributed by atoms with Gasteiger partial charge >= 0.3 is 0 Å². The molecular formula is C31H28O. The average molecular weight is 417 g/mol. The number of hydrogen-bond donors (Lipinski definition) is 0. The first-order valence-corrected chi connectivity index (χ1v) is 11.5. The van der Waals surface area contributed by atoms with Crippen molar-refractivity contribution in [1.82, 2.24) is 0 Å². The highest BCUT2D eigenvalue weighted by atomic mass is 16.3. The Hall–Kier alpha value is -3.58. The Morgan fingerprint density at radius 3 is 1.75 bits per heavy atom. The van der Waals surface area contributed by atoms with Gasteiger partial charge in [-0.25, -0.2) is 0 Å². The molecule has 0 atom stereocenters. The minimum Gasteiger partial charge on any atom is -0.460 e. The van der Waals surface area contributed by atoms with Crippen molar-refractivity contribution in [3.8, 4) is 33.4 Å². The van der Waals surface area contributed by atoms with E-state index < -0.39 is 0 Å². The molecule has 1 nitrogen and oxygen atoms in total. The zero-order chi connectivity index (χ0) is 21.9. The molecule has 1 heteroatoms. The molecule has 1 heterocycles. The fourth-order valence-electron chi connectivity index (χ4n) is 4.71. The Morgan fingerprint density at radius 1 is 0.656 bits per heavy atom. The predicted octanol–water partition coefficient (Wildman–Crippen LogP) is 9.08. The Balaban J connectivity index is 1.91. The van der Waals surface area contributed by atoms with Gasteiger partial charge in [0.1, 0.15) is 11.3 Å². The van der Waals surface area contributed by atoms with Crippen LogP contribution in [0.2, 0.25) is 0 Å². The maximum atomic E-state index is 6.61. The molecule has 5 aromatic rings. The summed E-state index contributed by atoms with van der Waals surface area (Å²) in [6, 6.07) is 34.5. The monoisotopic (exact) mass is 416 g/mol. The second-order valence-electron chi connectivity index (χ2n) is 8.39. The number of hydrogen-bond acceptors (Lipinski definition) is 1. The van der Waals surface area contributed by atoms with Crippen LogP contribution in [0.4, 0.5) is 0 Å². The number of benzene rings is 4. The summed E-state index contributed by atoms with van der Waals surface area (Å²) in [5.41, 5.74) is 9.73. The lowest BCUT2D eigenvalue weighted by atomic mass is 9.87. The fourth-order valence-corrected chi connectivity index (χ4v) is 4.71. The lowest BCUT2D eigenvalue weighted by Crippen LogP contribution is -1.94. The Labute approximate surface area is 190 Å². The van der Waals surface area contributed by atoms with Crippen LogP contribution >= 0.6 is 0 Å². The van der Waals surface area contributed by atoms with Crippen LogP contribution < -0.4 is 0 Å². The van der Waals surface area contributed by atoms with E-state index in [-0.39, 0.29) is 0 Å². The third-order valence-electron chi connectivity index (χ3n) is 6.25. The lowest BCUT2D eigenvalue weighted by Gasteiger charge is -2.15. The van der Waals surface area contributed by atoms with Crippen LogP contribution in [-0.2, 0) is 6.42 Å². The van der Waals surface area contributed by atoms with Crippen molar-refractivity contribution in [2.45, 2.75) is 33.1 Å². The van der Waals surface area contributed by atoms with E-state index >= 15 is 0 Å². The molecule has 0 aliphatic carbocycles. The molecule has 0 saturated heterocycles. The van der Waals surface area contributed by atoms with Crippen molar-refractivity contribution in [2.75, 3.05) is 0 Å². The molecule has 0 amide bonds. The Bertz CT molecular complexity index is 1330. The number of furan rings is 1. The molecule has 158 valence electrons. The molecule has 0 aliphatic heterocycles. The van der Waals surface area contributed by atoms with E-state index in [1.54, 1.807) is 0 Å². The summed E-state index contributed by atoms with van der Waals surface area (Å²) < 4.78 is 6.61. The SMILES string of the molecule is CCCCc1c(-c2ccccc2)cc(-c2ccccc2)c2c(-c3ccccc3)c(C)oc12. The zero-order valence-corrected chi connectivity index (χ0v) is 18.8. The van der Waals surface area contributed by atoms with E-state index in [1.807, 2.05) is 0 Å². The highest BCUT2D eigenvalue weighted by molar-refractivity contribution is 6.09. The van der Waals surface area contributed by atoms with E-state index in [0.717, 1.165) is 30.6 Å². The Morgan fingerprint density at radius 2 is 1.19 bits per heavy atom. The lowest BCUT2D eigenvalue weighted by molar-refractivity contribution is 0.575. The number of unbranched alkanes of at least 4 members (excludes halogenated alkanes) is 1. The maximum absolute atomic E-state index is 6.61. The fraction of sp³-hybridized carbons (Fsp3) is 0.161. The summed E-state index contributed by atoms with van der Waals surface area (Å²) in [7, 11) is 0. The molecule has 1 aromatic heterocycles. The number of aryl methyl sites for hydroxylation is 2. The van der Waals surface area contributed by atoms with Gasteiger partial charge in [-0.2, -0.15) is 0 Å². The van der Waals surface area contributed by atoms with Gasteiger partial charge in [0.15, 0.2) is 0 Å². The van der Waals surface area contributed by atoms with Crippen LogP contribution in [0, 0.1) is 6.92 Å². The molecule has 0 saturated carbocycles. The third-order valence-corrected chi connectivity index (χ3v) is 6.25. The van der Waals surface area contributed by atoms with E-state index in [2.05, 4.69) is 111 Å². The molecule has 0 unspecified atom stereocenters. The van der Waals surface area contributed by atoms with Gasteiger partial charge in [0.2, 0.25) is 0 Å². The minimum atomic E-state index is 0.978. The molecule has 0 radical (unpaired) electrons. The molecule has 0 spiro atoms. The summed E-state index contributed by atoms with van der Waals surface area (Å²) in [5, 5.41) is 1.23. The normalized spacial score (nSPS) is 11.2. The van der Waals surface area contributed by atoms with E-state index in [9.17, 15) is 0 Å². The van der Waals surface area contributed by atoms with Gasteiger partial charge in [-0.3, -0.25) is 0 Å². The highest BCUT2D eigenvalue weighted by Crippen LogP contribution is 2.45. The quantitative estimate of drug-likeness (QED) is 0.269. The summed E-state index contributed by atoms with van der Waals surface area (Å²) in [6.45, 7) is 4.35. The molecule has 0 fully saturated rings. The van der Waals surface area contributed by atoms with Gasteiger partial charge in [0.05, 0.1) is 0 Å². The van der Waals surface area contributed by atoms with Crippen LogP contribution in [0.1, 0.15) is 31.1 Å². The van der Waals surface area contributed by atoms with Gasteiger partial charge in [-0.15, -0.1) is 0 Å². The van der Waals surface area contributed by atoms with Crippen LogP contribution in [0.25, 0.3) is 44.3 Å². The number of fused-ring (bicyclic) bond motifs is 1. The summed E-state index contributed by atoms with van der Waals surface area (Å²) in [6.07, 6.45) is 3.30. The molecule has 5 rings (SSSR count). The summed E-state index contributed by atoms with van der Waals surface area (Å²) in [5.74, 6) is 0.978. The smallest absolute Gasteiger partial charge is 0.139 e. The van der Waals surface area contributed by atoms with Gasteiger partial charge in [-0.05, 0) is 53.6 Å². The van der Waals surface area contributed by atoms with Gasteiger partial charge in [0.25, 0.3) is 0 Å². The van der Waals surface area contributed by atoms with Crippen molar-refractivity contribution in [3.05, 3.63) is 108 Å². The van der Waals surface area contributed by atoms with Gasteiger partial charge in [0, 0.05) is 16.5 Å². The minimum absolute atomic E-state index is 0.978. The molecule has 0 aliphatic rings. The summed E-state index contributed by atoms with van der Waals surface area (Å²) >= 11 is 0. The largest absolute Gasteiger partial charge is 0.460 e. The van der Waals surface area contributed by atoms with Crippen LogP contribution in [-0.4, -0.2) is 0 Å². The number of rotatable bonds is 6. The van der Waals surface area contributed by atoms with Crippen LogP contribution in [0.5, 0.6) is 0 Å². The van der Waals surface area contributed by atoms with E-state index in [4.69, 9.17) is 4.42 Å².